The lowest BCUT2D eigenvalue weighted by atomic mass is 9.82. The maximum Gasteiger partial charge on any atom is 0.221 e. The van der Waals surface area contributed by atoms with Crippen molar-refractivity contribution in [2.75, 3.05) is 13.1 Å². The van der Waals surface area contributed by atoms with Crippen molar-refractivity contribution in [2.24, 2.45) is 5.92 Å². The number of carbonyl (C=O) groups excluding carboxylic acids is 1. The first-order valence-electron chi connectivity index (χ1n) is 5.92. The molecule has 0 aromatic carbocycles. The minimum atomic E-state index is -0.122. The Kier molecular flexibility index (Phi) is 3.59. The highest BCUT2D eigenvalue weighted by Crippen LogP contribution is 2.26. The standard InChI is InChI=1S/C11H20N2O2/c14-10-4-8(5-10)7-13-11(15)6-9-2-1-3-12-9/h8-10,12,14H,1-7H2,(H,13,15). The molecule has 1 amide bonds. The largest absolute Gasteiger partial charge is 0.393 e. The normalized spacial score (nSPS) is 34.9. The second-order valence-electron chi connectivity index (χ2n) is 4.79. The third kappa shape index (κ3) is 3.18. The molecule has 86 valence electrons. The molecule has 0 spiro atoms. The molecule has 2 rings (SSSR count). The molecule has 1 aliphatic carbocycles. The van der Waals surface area contributed by atoms with Gasteiger partial charge in [-0.3, -0.25) is 4.79 Å². The molecule has 2 aliphatic rings. The SMILES string of the molecule is O=C(CC1CCCN1)NCC1CC(O)C1. The van der Waals surface area contributed by atoms with Gasteiger partial charge in [-0.25, -0.2) is 0 Å². The van der Waals surface area contributed by atoms with Crippen LogP contribution in [0.25, 0.3) is 0 Å². The zero-order valence-electron chi connectivity index (χ0n) is 9.04. The van der Waals surface area contributed by atoms with Crippen molar-refractivity contribution in [3.05, 3.63) is 0 Å². The lowest BCUT2D eigenvalue weighted by Crippen LogP contribution is -2.40. The Labute approximate surface area is 90.4 Å². The van der Waals surface area contributed by atoms with Gasteiger partial charge < -0.3 is 15.7 Å². The Bertz CT molecular complexity index is 221. The summed E-state index contributed by atoms with van der Waals surface area (Å²) in [7, 11) is 0. The summed E-state index contributed by atoms with van der Waals surface area (Å²) in [6.07, 6.45) is 4.49. The van der Waals surface area contributed by atoms with Gasteiger partial charge in [-0.05, 0) is 38.1 Å². The minimum absolute atomic E-state index is 0.122. The van der Waals surface area contributed by atoms with Crippen molar-refractivity contribution in [1.29, 1.82) is 0 Å². The fourth-order valence-electron chi connectivity index (χ4n) is 2.35. The molecule has 1 atom stereocenters. The fourth-order valence-corrected chi connectivity index (χ4v) is 2.35. The number of hydrogen-bond donors (Lipinski definition) is 3. The van der Waals surface area contributed by atoms with Gasteiger partial charge in [-0.2, -0.15) is 0 Å². The molecule has 15 heavy (non-hydrogen) atoms. The van der Waals surface area contributed by atoms with Gasteiger partial charge in [0.2, 0.25) is 5.91 Å². The first-order chi connectivity index (χ1) is 7.24. The summed E-state index contributed by atoms with van der Waals surface area (Å²) < 4.78 is 0. The first-order valence-corrected chi connectivity index (χ1v) is 5.92. The predicted molar refractivity (Wildman–Crippen MR) is 57.4 cm³/mol. The smallest absolute Gasteiger partial charge is 0.221 e. The van der Waals surface area contributed by atoms with Gasteiger partial charge >= 0.3 is 0 Å². The molecule has 1 saturated heterocycles. The van der Waals surface area contributed by atoms with E-state index in [4.69, 9.17) is 5.11 Å². The van der Waals surface area contributed by atoms with E-state index in [9.17, 15) is 4.79 Å². The maximum absolute atomic E-state index is 11.5. The van der Waals surface area contributed by atoms with E-state index in [-0.39, 0.29) is 12.0 Å². The summed E-state index contributed by atoms with van der Waals surface area (Å²) in [5.41, 5.74) is 0. The highest BCUT2D eigenvalue weighted by molar-refractivity contribution is 5.76. The Morgan fingerprint density at radius 1 is 1.47 bits per heavy atom. The molecule has 0 radical (unpaired) electrons. The summed E-state index contributed by atoms with van der Waals surface area (Å²) in [5, 5.41) is 15.3. The van der Waals surface area contributed by atoms with Gasteiger partial charge in [-0.15, -0.1) is 0 Å². The molecule has 1 saturated carbocycles. The molecule has 4 heteroatoms. The average Bonchev–Trinajstić information content (AvgIpc) is 2.63. The van der Waals surface area contributed by atoms with Crippen LogP contribution in [0.4, 0.5) is 0 Å². The highest BCUT2D eigenvalue weighted by Gasteiger charge is 2.27. The molecule has 0 aromatic rings. The van der Waals surface area contributed by atoms with Crippen LogP contribution in [0.15, 0.2) is 0 Å². The number of amides is 1. The van der Waals surface area contributed by atoms with Gasteiger partial charge in [0.1, 0.15) is 0 Å². The topological polar surface area (TPSA) is 61.4 Å². The Morgan fingerprint density at radius 2 is 2.27 bits per heavy atom. The lowest BCUT2D eigenvalue weighted by molar-refractivity contribution is -0.122. The van der Waals surface area contributed by atoms with Crippen molar-refractivity contribution >= 4 is 5.91 Å². The first kappa shape index (κ1) is 10.9. The van der Waals surface area contributed by atoms with Crippen LogP contribution in [0.1, 0.15) is 32.1 Å². The van der Waals surface area contributed by atoms with Crippen LogP contribution < -0.4 is 10.6 Å². The van der Waals surface area contributed by atoms with Crippen molar-refractivity contribution < 1.29 is 9.90 Å². The summed E-state index contributed by atoms with van der Waals surface area (Å²) >= 11 is 0. The Hall–Kier alpha value is -0.610. The van der Waals surface area contributed by atoms with E-state index in [1.165, 1.54) is 6.42 Å². The molecule has 4 nitrogen and oxygen atoms in total. The van der Waals surface area contributed by atoms with E-state index in [0.717, 1.165) is 32.4 Å². The van der Waals surface area contributed by atoms with Crippen LogP contribution in [-0.2, 0) is 4.79 Å². The van der Waals surface area contributed by atoms with Gasteiger partial charge in [0.25, 0.3) is 0 Å². The monoisotopic (exact) mass is 212 g/mol. The quantitative estimate of drug-likeness (QED) is 0.615. The molecular formula is C11H20N2O2. The number of carbonyl (C=O) groups is 1. The van der Waals surface area contributed by atoms with Gasteiger partial charge in [0.15, 0.2) is 0 Å². The Balaban J connectivity index is 1.56. The molecule has 3 N–H and O–H groups in total. The van der Waals surface area contributed by atoms with Crippen LogP contribution in [0, 0.1) is 5.92 Å². The van der Waals surface area contributed by atoms with Crippen molar-refractivity contribution in [2.45, 2.75) is 44.2 Å². The number of rotatable bonds is 4. The number of nitrogens with one attached hydrogen (secondary N) is 2. The average molecular weight is 212 g/mol. The van der Waals surface area contributed by atoms with Crippen LogP contribution in [0.2, 0.25) is 0 Å². The third-order valence-corrected chi connectivity index (χ3v) is 3.39. The molecular weight excluding hydrogens is 192 g/mol. The number of aliphatic hydroxyl groups excluding tert-OH is 1. The lowest BCUT2D eigenvalue weighted by Gasteiger charge is -2.31. The van der Waals surface area contributed by atoms with Crippen molar-refractivity contribution in [3.8, 4) is 0 Å². The van der Waals surface area contributed by atoms with Gasteiger partial charge in [-0.1, -0.05) is 0 Å². The van der Waals surface area contributed by atoms with Gasteiger partial charge in [0, 0.05) is 19.0 Å². The van der Waals surface area contributed by atoms with E-state index in [1.54, 1.807) is 0 Å². The third-order valence-electron chi connectivity index (χ3n) is 3.39. The molecule has 1 unspecified atom stereocenters. The second kappa shape index (κ2) is 4.94. The fraction of sp³-hybridized carbons (Fsp3) is 0.909. The highest BCUT2D eigenvalue weighted by atomic mass is 16.3. The molecule has 0 aromatic heterocycles. The summed E-state index contributed by atoms with van der Waals surface area (Å²) in [4.78, 5) is 11.5. The number of aliphatic hydroxyl groups is 1. The summed E-state index contributed by atoms with van der Waals surface area (Å²) in [6, 6.07) is 0.386. The maximum atomic E-state index is 11.5. The zero-order valence-corrected chi connectivity index (χ0v) is 9.04. The van der Waals surface area contributed by atoms with Crippen LogP contribution in [0.3, 0.4) is 0 Å². The van der Waals surface area contributed by atoms with Gasteiger partial charge in [0.05, 0.1) is 6.10 Å². The van der Waals surface area contributed by atoms with Crippen LogP contribution in [-0.4, -0.2) is 36.2 Å². The van der Waals surface area contributed by atoms with E-state index in [1.807, 2.05) is 0 Å². The molecule has 1 heterocycles. The van der Waals surface area contributed by atoms with Crippen LogP contribution in [0.5, 0.6) is 0 Å². The minimum Gasteiger partial charge on any atom is -0.393 e. The molecule has 0 bridgehead atoms. The van der Waals surface area contributed by atoms with E-state index < -0.39 is 0 Å². The summed E-state index contributed by atoms with van der Waals surface area (Å²) in [5.74, 6) is 0.649. The second-order valence-corrected chi connectivity index (χ2v) is 4.79. The van der Waals surface area contributed by atoms with E-state index in [2.05, 4.69) is 10.6 Å². The summed E-state index contributed by atoms with van der Waals surface area (Å²) in [6.45, 7) is 1.79. The molecule has 1 aliphatic heterocycles. The zero-order chi connectivity index (χ0) is 10.7. The van der Waals surface area contributed by atoms with Crippen molar-refractivity contribution in [3.63, 3.8) is 0 Å². The number of hydrogen-bond acceptors (Lipinski definition) is 3. The Morgan fingerprint density at radius 3 is 2.87 bits per heavy atom. The van der Waals surface area contributed by atoms with E-state index in [0.29, 0.717) is 18.4 Å². The predicted octanol–water partition coefficient (Wildman–Crippen LogP) is 0.0156. The van der Waals surface area contributed by atoms with Crippen LogP contribution >= 0.6 is 0 Å². The molecule has 2 fully saturated rings. The van der Waals surface area contributed by atoms with Crippen molar-refractivity contribution in [1.82, 2.24) is 10.6 Å². The van der Waals surface area contributed by atoms with E-state index >= 15 is 0 Å².